The summed E-state index contributed by atoms with van der Waals surface area (Å²) in [5.41, 5.74) is 0.777. The van der Waals surface area contributed by atoms with Crippen LogP contribution in [-0.4, -0.2) is 32.6 Å². The molecular weight excluding hydrogens is 250 g/mol. The molecule has 0 saturated carbocycles. The predicted molar refractivity (Wildman–Crippen MR) is 68.5 cm³/mol. The lowest BCUT2D eigenvalue weighted by Crippen LogP contribution is -2.05. The highest BCUT2D eigenvalue weighted by Crippen LogP contribution is 2.23. The number of H-pyrrole nitrogens is 2. The third-order valence-electron chi connectivity index (χ3n) is 2.57. The molecule has 0 radical (unpaired) electrons. The molecule has 0 unspecified atom stereocenters. The zero-order valence-corrected chi connectivity index (χ0v) is 9.97. The number of aromatic carboxylic acids is 1. The molecule has 0 bridgehead atoms. The highest BCUT2D eigenvalue weighted by Gasteiger charge is 2.09. The van der Waals surface area contributed by atoms with Crippen molar-refractivity contribution in [3.05, 3.63) is 45.4 Å². The van der Waals surface area contributed by atoms with E-state index in [0.717, 1.165) is 0 Å². The van der Waals surface area contributed by atoms with E-state index in [1.54, 1.807) is 6.92 Å². The minimum atomic E-state index is -1.25. The monoisotopic (exact) mass is 261 g/mol. The van der Waals surface area contributed by atoms with Crippen molar-refractivity contribution in [3.63, 3.8) is 0 Å². The van der Waals surface area contributed by atoms with E-state index in [0.29, 0.717) is 16.9 Å². The van der Waals surface area contributed by atoms with Crippen molar-refractivity contribution in [2.24, 2.45) is 4.99 Å². The van der Waals surface area contributed by atoms with Crippen LogP contribution in [0.5, 0.6) is 5.75 Å². The van der Waals surface area contributed by atoms with E-state index < -0.39 is 5.97 Å². The fourth-order valence-electron chi connectivity index (χ4n) is 1.53. The summed E-state index contributed by atoms with van der Waals surface area (Å²) in [4.78, 5) is 26.2. The molecule has 0 aliphatic rings. The third-order valence-corrected chi connectivity index (χ3v) is 2.57. The molecule has 0 aliphatic carbocycles. The molecule has 2 rings (SSSR count). The van der Waals surface area contributed by atoms with E-state index in [9.17, 15) is 14.7 Å². The maximum Gasteiger partial charge on any atom is 0.339 e. The molecule has 0 fully saturated rings. The Bertz CT molecular complexity index is 712. The summed E-state index contributed by atoms with van der Waals surface area (Å²) >= 11 is 0. The SMILES string of the molecule is Cc1[nH][nH]c(=O)c1C=Nc1ccc(O)c(C(=O)O)c1. The van der Waals surface area contributed by atoms with Crippen molar-refractivity contribution in [2.45, 2.75) is 6.92 Å². The molecule has 0 atom stereocenters. The lowest BCUT2D eigenvalue weighted by Gasteiger charge is -2.00. The van der Waals surface area contributed by atoms with E-state index in [1.807, 2.05) is 0 Å². The smallest absolute Gasteiger partial charge is 0.339 e. The maximum atomic E-state index is 11.4. The van der Waals surface area contributed by atoms with Gasteiger partial charge in [0.1, 0.15) is 11.3 Å². The van der Waals surface area contributed by atoms with Gasteiger partial charge in [0.25, 0.3) is 5.56 Å². The van der Waals surface area contributed by atoms with E-state index in [2.05, 4.69) is 15.2 Å². The van der Waals surface area contributed by atoms with E-state index in [4.69, 9.17) is 5.11 Å². The number of nitrogens with zero attached hydrogens (tertiary/aromatic N) is 1. The highest BCUT2D eigenvalue weighted by atomic mass is 16.4. The molecule has 19 heavy (non-hydrogen) atoms. The number of hydrogen-bond donors (Lipinski definition) is 4. The van der Waals surface area contributed by atoms with Crippen molar-refractivity contribution in [1.29, 1.82) is 0 Å². The molecule has 1 heterocycles. The number of aryl methyl sites for hydroxylation is 1. The number of carbonyl (C=O) groups is 1. The Morgan fingerprint density at radius 1 is 1.37 bits per heavy atom. The third kappa shape index (κ3) is 2.54. The number of phenols is 1. The Balaban J connectivity index is 2.37. The Morgan fingerprint density at radius 3 is 2.68 bits per heavy atom. The number of aromatic nitrogens is 2. The first-order valence-corrected chi connectivity index (χ1v) is 5.36. The van der Waals surface area contributed by atoms with Crippen LogP contribution in [-0.2, 0) is 0 Å². The van der Waals surface area contributed by atoms with Crippen LogP contribution in [0.25, 0.3) is 0 Å². The normalized spacial score (nSPS) is 11.0. The lowest BCUT2D eigenvalue weighted by atomic mass is 10.2. The second kappa shape index (κ2) is 4.81. The number of nitrogens with one attached hydrogen (secondary N) is 2. The summed E-state index contributed by atoms with van der Waals surface area (Å²) in [6.07, 6.45) is 1.34. The Kier molecular flexibility index (Phi) is 3.19. The molecule has 0 spiro atoms. The van der Waals surface area contributed by atoms with E-state index >= 15 is 0 Å². The van der Waals surface area contributed by atoms with Gasteiger partial charge in [0.2, 0.25) is 0 Å². The van der Waals surface area contributed by atoms with Gasteiger partial charge >= 0.3 is 5.97 Å². The second-order valence-corrected chi connectivity index (χ2v) is 3.88. The summed E-state index contributed by atoms with van der Waals surface area (Å²) < 4.78 is 0. The van der Waals surface area contributed by atoms with Crippen LogP contribution in [0.4, 0.5) is 5.69 Å². The van der Waals surface area contributed by atoms with E-state index in [1.165, 1.54) is 24.4 Å². The number of aromatic amines is 2. The van der Waals surface area contributed by atoms with Crippen molar-refractivity contribution < 1.29 is 15.0 Å². The van der Waals surface area contributed by atoms with Crippen LogP contribution in [0.15, 0.2) is 28.0 Å². The van der Waals surface area contributed by atoms with Crippen LogP contribution >= 0.6 is 0 Å². The van der Waals surface area contributed by atoms with Crippen molar-refractivity contribution in [1.82, 2.24) is 10.2 Å². The molecule has 0 amide bonds. The first-order chi connectivity index (χ1) is 8.99. The van der Waals surface area contributed by atoms with Gasteiger partial charge in [-0.15, -0.1) is 0 Å². The number of aromatic hydroxyl groups is 1. The number of hydrogen-bond acceptors (Lipinski definition) is 4. The molecule has 4 N–H and O–H groups in total. The van der Waals surface area contributed by atoms with Gasteiger partial charge in [-0.25, -0.2) is 4.79 Å². The number of carboxylic acid groups (broad SMARTS) is 1. The molecule has 0 aliphatic heterocycles. The predicted octanol–water partition coefficient (Wildman–Crippen LogP) is 1.17. The molecule has 1 aromatic heterocycles. The van der Waals surface area contributed by atoms with Gasteiger partial charge in [-0.1, -0.05) is 0 Å². The van der Waals surface area contributed by atoms with Crippen LogP contribution in [0.1, 0.15) is 21.6 Å². The van der Waals surface area contributed by atoms with Crippen LogP contribution in [0.2, 0.25) is 0 Å². The average molecular weight is 261 g/mol. The van der Waals surface area contributed by atoms with Gasteiger partial charge in [-0.05, 0) is 25.1 Å². The minimum Gasteiger partial charge on any atom is -0.507 e. The molecule has 7 heteroatoms. The number of rotatable bonds is 3. The molecule has 2 aromatic rings. The maximum absolute atomic E-state index is 11.4. The van der Waals surface area contributed by atoms with Gasteiger partial charge in [-0.2, -0.15) is 0 Å². The van der Waals surface area contributed by atoms with Gasteiger partial charge in [-0.3, -0.25) is 14.9 Å². The number of carboxylic acids is 1. The molecule has 1 aromatic carbocycles. The summed E-state index contributed by atoms with van der Waals surface area (Å²) in [7, 11) is 0. The Morgan fingerprint density at radius 2 is 2.11 bits per heavy atom. The second-order valence-electron chi connectivity index (χ2n) is 3.88. The number of benzene rings is 1. The minimum absolute atomic E-state index is 0.241. The Hall–Kier alpha value is -2.83. The van der Waals surface area contributed by atoms with Gasteiger partial charge in [0.05, 0.1) is 11.3 Å². The summed E-state index contributed by atoms with van der Waals surface area (Å²) in [5.74, 6) is -1.58. The molecule has 98 valence electrons. The lowest BCUT2D eigenvalue weighted by molar-refractivity contribution is 0.0694. The topological polar surface area (TPSA) is 119 Å². The van der Waals surface area contributed by atoms with Gasteiger partial charge < -0.3 is 15.3 Å². The Labute approximate surface area is 107 Å². The first kappa shape index (κ1) is 12.6. The van der Waals surface area contributed by atoms with Gasteiger partial charge in [0, 0.05) is 11.9 Å². The summed E-state index contributed by atoms with van der Waals surface area (Å²) in [6, 6.07) is 3.92. The van der Waals surface area contributed by atoms with Crippen LogP contribution < -0.4 is 5.56 Å². The highest BCUT2D eigenvalue weighted by molar-refractivity contribution is 5.92. The standard InChI is InChI=1S/C12H11N3O4/c1-6-9(11(17)15-14-6)5-13-7-2-3-10(16)8(4-7)12(18)19/h2-5,16H,1H3,(H,18,19)(H2,14,15,17). The van der Waals surface area contributed by atoms with Crippen LogP contribution in [0, 0.1) is 6.92 Å². The molecule has 0 saturated heterocycles. The van der Waals surface area contributed by atoms with Crippen molar-refractivity contribution in [3.8, 4) is 5.75 Å². The average Bonchev–Trinajstić information content (AvgIpc) is 2.68. The van der Waals surface area contributed by atoms with Crippen molar-refractivity contribution >= 4 is 17.9 Å². The fourth-order valence-corrected chi connectivity index (χ4v) is 1.53. The van der Waals surface area contributed by atoms with Gasteiger partial charge in [0.15, 0.2) is 0 Å². The summed E-state index contributed by atoms with van der Waals surface area (Å²) in [6.45, 7) is 1.71. The van der Waals surface area contributed by atoms with E-state index in [-0.39, 0.29) is 16.9 Å². The molecular formula is C12H11N3O4. The van der Waals surface area contributed by atoms with Crippen LogP contribution in [0.3, 0.4) is 0 Å². The number of aliphatic imine (C=N–C) groups is 1. The zero-order chi connectivity index (χ0) is 14.0. The quantitative estimate of drug-likeness (QED) is 0.620. The fraction of sp³-hybridized carbons (Fsp3) is 0.0833. The summed E-state index contributed by atoms with van der Waals surface area (Å²) in [5, 5.41) is 23.3. The zero-order valence-electron chi connectivity index (χ0n) is 9.97. The van der Waals surface area contributed by atoms with Crippen molar-refractivity contribution in [2.75, 3.05) is 0 Å². The molecule has 7 nitrogen and oxygen atoms in total. The largest absolute Gasteiger partial charge is 0.507 e. The first-order valence-electron chi connectivity index (χ1n) is 5.36.